The van der Waals surface area contributed by atoms with Gasteiger partial charge in [0.05, 0.1) is 5.75 Å². The summed E-state index contributed by atoms with van der Waals surface area (Å²) in [5.41, 5.74) is 2.43. The van der Waals surface area contributed by atoms with Crippen LogP contribution in [0.5, 0.6) is 0 Å². The Morgan fingerprint density at radius 3 is 2.47 bits per heavy atom. The van der Waals surface area contributed by atoms with Crippen molar-refractivity contribution in [3.8, 4) is 0 Å². The third kappa shape index (κ3) is 3.51. The molecule has 0 bridgehead atoms. The Kier molecular flexibility index (Phi) is 3.60. The topological polar surface area (TPSA) is 93.4 Å². The van der Waals surface area contributed by atoms with Gasteiger partial charge in [0.25, 0.3) is 0 Å². The fourth-order valence-electron chi connectivity index (χ4n) is 2.44. The van der Waals surface area contributed by atoms with Crippen LogP contribution in [-0.4, -0.2) is 31.6 Å². The number of nitrogens with two attached hydrogens (primary N) is 1. The van der Waals surface area contributed by atoms with E-state index in [0.29, 0.717) is 6.54 Å². The van der Waals surface area contributed by atoms with Crippen LogP contribution in [0.1, 0.15) is 17.8 Å². The van der Waals surface area contributed by atoms with Gasteiger partial charge in [-0.2, -0.15) is 0 Å². The lowest BCUT2D eigenvalue weighted by molar-refractivity contribution is -0.117. The third-order valence-electron chi connectivity index (χ3n) is 3.05. The van der Waals surface area contributed by atoms with Crippen LogP contribution in [0, 0.1) is 19.8 Å². The summed E-state index contributed by atoms with van der Waals surface area (Å²) < 4.78 is 22.2. The monoisotopic (exact) mass is 283 g/mol. The molecule has 1 unspecified atom stereocenters. The number of carbonyl (C=O) groups is 1. The van der Waals surface area contributed by atoms with Gasteiger partial charge in [0, 0.05) is 36.0 Å². The number of hydrogen-bond acceptors (Lipinski definition) is 4. The van der Waals surface area contributed by atoms with Crippen LogP contribution in [0.4, 0.5) is 5.69 Å². The molecule has 19 heavy (non-hydrogen) atoms. The summed E-state index contributed by atoms with van der Waals surface area (Å²) in [5.74, 6) is -0.465. The SMILES string of the molecule is Cc1cc(N2CC(CS(N)(=O)=O)CC2=O)cc(C)n1. The molecule has 6 nitrogen and oxygen atoms in total. The lowest BCUT2D eigenvalue weighted by Gasteiger charge is -2.17. The Bertz CT molecular complexity index is 592. The zero-order valence-corrected chi connectivity index (χ0v) is 11.8. The van der Waals surface area contributed by atoms with Gasteiger partial charge in [-0.05, 0) is 26.0 Å². The van der Waals surface area contributed by atoms with Crippen LogP contribution in [0.3, 0.4) is 0 Å². The first-order valence-corrected chi connectivity index (χ1v) is 7.72. The number of aromatic nitrogens is 1. The van der Waals surface area contributed by atoms with Crippen molar-refractivity contribution in [2.45, 2.75) is 20.3 Å². The molecule has 2 heterocycles. The summed E-state index contributed by atoms with van der Waals surface area (Å²) in [5, 5.41) is 5.03. The number of nitrogens with zero attached hydrogens (tertiary/aromatic N) is 2. The summed E-state index contributed by atoms with van der Waals surface area (Å²) in [6.45, 7) is 4.11. The highest BCUT2D eigenvalue weighted by molar-refractivity contribution is 7.89. The average molecular weight is 283 g/mol. The first-order chi connectivity index (χ1) is 8.74. The lowest BCUT2D eigenvalue weighted by atomic mass is 10.1. The normalized spacial score (nSPS) is 20.1. The van der Waals surface area contributed by atoms with Crippen molar-refractivity contribution in [2.75, 3.05) is 17.2 Å². The maximum absolute atomic E-state index is 12.0. The molecular formula is C12H17N3O3S. The third-order valence-corrected chi connectivity index (χ3v) is 3.99. The van der Waals surface area contributed by atoms with E-state index in [4.69, 9.17) is 5.14 Å². The van der Waals surface area contributed by atoms with E-state index in [0.717, 1.165) is 17.1 Å². The summed E-state index contributed by atoms with van der Waals surface area (Å²) >= 11 is 0. The summed E-state index contributed by atoms with van der Waals surface area (Å²) in [7, 11) is -3.54. The van der Waals surface area contributed by atoms with Gasteiger partial charge in [0.1, 0.15) is 0 Å². The van der Waals surface area contributed by atoms with E-state index in [9.17, 15) is 13.2 Å². The summed E-state index contributed by atoms with van der Waals surface area (Å²) in [6, 6.07) is 3.65. The fraction of sp³-hybridized carbons (Fsp3) is 0.500. The van der Waals surface area contributed by atoms with E-state index in [2.05, 4.69) is 4.98 Å². The molecule has 0 radical (unpaired) electrons. The van der Waals surface area contributed by atoms with E-state index >= 15 is 0 Å². The maximum atomic E-state index is 12.0. The zero-order valence-electron chi connectivity index (χ0n) is 11.0. The van der Waals surface area contributed by atoms with Gasteiger partial charge >= 0.3 is 0 Å². The predicted octanol–water partition coefficient (Wildman–Crippen LogP) is 0.340. The Labute approximate surface area is 112 Å². The first-order valence-electron chi connectivity index (χ1n) is 6.01. The number of hydrogen-bond donors (Lipinski definition) is 1. The van der Waals surface area contributed by atoms with Crippen LogP contribution < -0.4 is 10.0 Å². The van der Waals surface area contributed by atoms with E-state index in [1.54, 1.807) is 4.90 Å². The number of pyridine rings is 1. The second-order valence-electron chi connectivity index (χ2n) is 5.01. The number of amides is 1. The van der Waals surface area contributed by atoms with Gasteiger partial charge in [-0.1, -0.05) is 0 Å². The van der Waals surface area contributed by atoms with Gasteiger partial charge in [-0.25, -0.2) is 13.6 Å². The number of rotatable bonds is 3. The van der Waals surface area contributed by atoms with Gasteiger partial charge in [-0.15, -0.1) is 0 Å². The van der Waals surface area contributed by atoms with Crippen LogP contribution in [0.25, 0.3) is 0 Å². The van der Waals surface area contributed by atoms with Gasteiger partial charge in [0.2, 0.25) is 15.9 Å². The Balaban J connectivity index is 2.20. The van der Waals surface area contributed by atoms with E-state index in [1.807, 2.05) is 26.0 Å². The highest BCUT2D eigenvalue weighted by Crippen LogP contribution is 2.26. The van der Waals surface area contributed by atoms with Crippen LogP contribution in [0.15, 0.2) is 12.1 Å². The van der Waals surface area contributed by atoms with Crippen molar-refractivity contribution < 1.29 is 13.2 Å². The molecule has 1 amide bonds. The highest BCUT2D eigenvalue weighted by Gasteiger charge is 2.32. The molecule has 104 valence electrons. The molecule has 0 aliphatic carbocycles. The molecule has 1 saturated heterocycles. The predicted molar refractivity (Wildman–Crippen MR) is 72.1 cm³/mol. The van der Waals surface area contributed by atoms with Crippen LogP contribution >= 0.6 is 0 Å². The van der Waals surface area contributed by atoms with Crippen LogP contribution in [0.2, 0.25) is 0 Å². The summed E-state index contributed by atoms with van der Waals surface area (Å²) in [6.07, 6.45) is 0.219. The molecule has 1 aromatic rings. The van der Waals surface area contributed by atoms with Crippen molar-refractivity contribution in [1.82, 2.24) is 4.98 Å². The van der Waals surface area contributed by atoms with Gasteiger partial charge in [0.15, 0.2) is 0 Å². The number of aryl methyl sites for hydroxylation is 2. The second-order valence-corrected chi connectivity index (χ2v) is 6.67. The molecule has 2 rings (SSSR count). The minimum atomic E-state index is -3.54. The van der Waals surface area contributed by atoms with Crippen LogP contribution in [-0.2, 0) is 14.8 Å². The number of sulfonamides is 1. The number of anilines is 1. The summed E-state index contributed by atoms with van der Waals surface area (Å²) in [4.78, 5) is 17.8. The largest absolute Gasteiger partial charge is 0.312 e. The van der Waals surface area contributed by atoms with E-state index in [1.165, 1.54) is 0 Å². The molecule has 1 fully saturated rings. The fourth-order valence-corrected chi connectivity index (χ4v) is 3.32. The van der Waals surface area contributed by atoms with Crippen molar-refractivity contribution in [2.24, 2.45) is 11.1 Å². The minimum absolute atomic E-state index is 0.0707. The van der Waals surface area contributed by atoms with Crippen molar-refractivity contribution in [3.63, 3.8) is 0 Å². The number of carbonyl (C=O) groups excluding carboxylic acids is 1. The smallest absolute Gasteiger partial charge is 0.227 e. The Hall–Kier alpha value is -1.47. The molecule has 1 atom stereocenters. The van der Waals surface area contributed by atoms with Crippen molar-refractivity contribution >= 4 is 21.6 Å². The first kappa shape index (κ1) is 14.0. The lowest BCUT2D eigenvalue weighted by Crippen LogP contribution is -2.27. The van der Waals surface area contributed by atoms with Gasteiger partial charge < -0.3 is 4.90 Å². The average Bonchev–Trinajstić information content (AvgIpc) is 2.54. The Morgan fingerprint density at radius 2 is 1.95 bits per heavy atom. The van der Waals surface area contributed by atoms with Gasteiger partial charge in [-0.3, -0.25) is 9.78 Å². The molecule has 1 aromatic heterocycles. The van der Waals surface area contributed by atoms with E-state index in [-0.39, 0.29) is 24.0 Å². The molecule has 2 N–H and O–H groups in total. The maximum Gasteiger partial charge on any atom is 0.227 e. The molecule has 7 heteroatoms. The molecule has 0 spiro atoms. The Morgan fingerprint density at radius 1 is 1.37 bits per heavy atom. The molecule has 0 saturated carbocycles. The highest BCUT2D eigenvalue weighted by atomic mass is 32.2. The quantitative estimate of drug-likeness (QED) is 0.865. The zero-order chi connectivity index (χ0) is 14.2. The van der Waals surface area contributed by atoms with Crippen molar-refractivity contribution in [1.29, 1.82) is 0 Å². The standard InChI is InChI=1S/C12H17N3O3S/c1-8-3-11(4-9(2)14-8)15-6-10(5-12(15)16)7-19(13,17)18/h3-4,10H,5-7H2,1-2H3,(H2,13,17,18). The molecule has 1 aliphatic rings. The molecule has 1 aliphatic heterocycles. The minimum Gasteiger partial charge on any atom is -0.312 e. The molecule has 0 aromatic carbocycles. The number of primary sulfonamides is 1. The van der Waals surface area contributed by atoms with Crippen molar-refractivity contribution in [3.05, 3.63) is 23.5 Å². The molecular weight excluding hydrogens is 266 g/mol. The second kappa shape index (κ2) is 4.90. The van der Waals surface area contributed by atoms with E-state index < -0.39 is 10.0 Å².